The molecule has 2 aromatic carbocycles. The van der Waals surface area contributed by atoms with Crippen molar-refractivity contribution in [3.8, 4) is 0 Å². The fourth-order valence-electron chi connectivity index (χ4n) is 3.47. The number of aromatic amines is 1. The maximum absolute atomic E-state index is 12.8. The van der Waals surface area contributed by atoms with Crippen LogP contribution in [0.4, 0.5) is 0 Å². The molecule has 9 heteroatoms. The topological polar surface area (TPSA) is 102 Å². The van der Waals surface area contributed by atoms with Crippen molar-refractivity contribution in [2.24, 2.45) is 0 Å². The van der Waals surface area contributed by atoms with Crippen LogP contribution in [0.1, 0.15) is 21.4 Å². The van der Waals surface area contributed by atoms with E-state index in [9.17, 15) is 9.59 Å². The van der Waals surface area contributed by atoms with Crippen LogP contribution in [-0.4, -0.2) is 39.0 Å². The summed E-state index contributed by atoms with van der Waals surface area (Å²) in [4.78, 5) is 33.2. The van der Waals surface area contributed by atoms with Crippen LogP contribution in [-0.2, 0) is 4.79 Å². The van der Waals surface area contributed by atoms with Crippen molar-refractivity contribution >= 4 is 61.6 Å². The molecule has 144 valence electrons. The Kier molecular flexibility index (Phi) is 4.11. The maximum atomic E-state index is 12.8. The Morgan fingerprint density at radius 2 is 2.00 bits per heavy atom. The quantitative estimate of drug-likeness (QED) is 0.467. The Balaban J connectivity index is 1.40. The second-order valence-corrected chi connectivity index (χ2v) is 8.12. The average molecular weight is 424 g/mol. The van der Waals surface area contributed by atoms with Crippen LogP contribution < -0.4 is 5.43 Å². The molecular weight excluding hydrogens is 410 g/mol. The summed E-state index contributed by atoms with van der Waals surface area (Å²) in [6.45, 7) is -0.102. The molecule has 0 bridgehead atoms. The van der Waals surface area contributed by atoms with Gasteiger partial charge in [0.05, 0.1) is 16.1 Å². The molecule has 0 aliphatic carbocycles. The second-order valence-electron chi connectivity index (χ2n) is 6.69. The van der Waals surface area contributed by atoms with Gasteiger partial charge in [-0.15, -0.1) is 11.3 Å². The van der Waals surface area contributed by atoms with Crippen LogP contribution in [0, 0.1) is 5.41 Å². The summed E-state index contributed by atoms with van der Waals surface area (Å²) in [5.74, 6) is -1.13. The first-order chi connectivity index (χ1) is 14.0. The van der Waals surface area contributed by atoms with Crippen LogP contribution in [0.3, 0.4) is 0 Å². The summed E-state index contributed by atoms with van der Waals surface area (Å²) < 4.78 is 0.898. The first-order valence-corrected chi connectivity index (χ1v) is 10.0. The third kappa shape index (κ3) is 2.88. The molecule has 0 saturated carbocycles. The number of hydrogen-bond donors (Lipinski definition) is 3. The van der Waals surface area contributed by atoms with Gasteiger partial charge in [0.2, 0.25) is 0 Å². The molecule has 3 N–H and O–H groups in total. The summed E-state index contributed by atoms with van der Waals surface area (Å²) in [5.41, 5.74) is 4.16. The summed E-state index contributed by atoms with van der Waals surface area (Å²) in [6, 6.07) is 14.9. The third-order valence-electron chi connectivity index (χ3n) is 4.86. The van der Waals surface area contributed by atoms with Gasteiger partial charge in [-0.25, -0.2) is 4.98 Å². The number of carbonyl (C=O) groups excluding carboxylic acids is 2. The number of Topliss-reactive ketones (excluding diaryl/α,β-unsaturated/α-hetero) is 1. The van der Waals surface area contributed by atoms with Gasteiger partial charge < -0.3 is 4.98 Å². The highest BCUT2D eigenvalue weighted by molar-refractivity contribution is 7.21. The van der Waals surface area contributed by atoms with Crippen LogP contribution in [0.2, 0.25) is 5.02 Å². The number of fused-ring (bicyclic) bond motifs is 2. The first-order valence-electron chi connectivity index (χ1n) is 8.84. The molecule has 1 atom stereocenters. The Morgan fingerprint density at radius 1 is 1.24 bits per heavy atom. The van der Waals surface area contributed by atoms with Gasteiger partial charge in [-0.2, -0.15) is 0 Å². The summed E-state index contributed by atoms with van der Waals surface area (Å²) in [6.07, 6.45) is 0. The largest absolute Gasteiger partial charge is 0.341 e. The first kappa shape index (κ1) is 17.8. The van der Waals surface area contributed by atoms with E-state index in [1.54, 1.807) is 0 Å². The number of hydrazine groups is 1. The lowest BCUT2D eigenvalue weighted by atomic mass is 10.1. The molecule has 29 heavy (non-hydrogen) atoms. The number of aromatic nitrogens is 2. The van der Waals surface area contributed by atoms with E-state index in [0.717, 1.165) is 21.1 Å². The normalized spacial score (nSPS) is 16.9. The van der Waals surface area contributed by atoms with E-state index in [2.05, 4.69) is 15.4 Å². The highest BCUT2D eigenvalue weighted by Crippen LogP contribution is 2.35. The van der Waals surface area contributed by atoms with Gasteiger partial charge >= 0.3 is 0 Å². The van der Waals surface area contributed by atoms with E-state index in [4.69, 9.17) is 17.0 Å². The van der Waals surface area contributed by atoms with E-state index in [1.807, 2.05) is 48.5 Å². The van der Waals surface area contributed by atoms with Crippen LogP contribution in [0.5, 0.6) is 0 Å². The van der Waals surface area contributed by atoms with E-state index < -0.39 is 11.8 Å². The number of hydrogen-bond acceptors (Lipinski definition) is 5. The predicted octanol–water partition coefficient (Wildman–Crippen LogP) is 3.72. The Morgan fingerprint density at radius 3 is 2.79 bits per heavy atom. The molecular formula is C20H14ClN5O2S. The van der Waals surface area contributed by atoms with Crippen molar-refractivity contribution in [2.75, 3.05) is 6.54 Å². The molecule has 7 nitrogen and oxygen atoms in total. The Hall–Kier alpha value is -3.23. The van der Waals surface area contributed by atoms with Crippen LogP contribution in [0.25, 0.3) is 21.1 Å². The monoisotopic (exact) mass is 423 g/mol. The molecule has 1 saturated heterocycles. The molecule has 1 amide bonds. The average Bonchev–Trinajstić information content (AvgIpc) is 3.36. The lowest BCUT2D eigenvalue weighted by Gasteiger charge is -2.18. The number of nitrogens with zero attached hydrogens (tertiary/aromatic N) is 2. The lowest BCUT2D eigenvalue weighted by Crippen LogP contribution is -2.43. The zero-order chi connectivity index (χ0) is 20.1. The number of imidazole rings is 1. The summed E-state index contributed by atoms with van der Waals surface area (Å²) >= 11 is 7.64. The lowest BCUT2D eigenvalue weighted by molar-refractivity contribution is -0.118. The molecule has 4 aromatic rings. The number of benzene rings is 2. The number of nitrogens with one attached hydrogen (secondary N) is 3. The van der Waals surface area contributed by atoms with E-state index >= 15 is 0 Å². The third-order valence-corrected chi connectivity index (χ3v) is 6.53. The fraction of sp³-hybridized carbons (Fsp3) is 0.100. The van der Waals surface area contributed by atoms with Gasteiger partial charge in [0.25, 0.3) is 5.91 Å². The van der Waals surface area contributed by atoms with Crippen molar-refractivity contribution in [3.63, 3.8) is 0 Å². The molecule has 1 aliphatic heterocycles. The van der Waals surface area contributed by atoms with Crippen LogP contribution in [0.15, 0.2) is 48.5 Å². The fourth-order valence-corrected chi connectivity index (χ4v) is 4.87. The van der Waals surface area contributed by atoms with Crippen molar-refractivity contribution in [3.05, 3.63) is 64.3 Å². The van der Waals surface area contributed by atoms with Gasteiger partial charge in [-0.1, -0.05) is 41.9 Å². The zero-order valence-electron chi connectivity index (χ0n) is 14.9. The number of thiophene rings is 1. The minimum absolute atomic E-state index is 0.0281. The molecule has 1 fully saturated rings. The molecule has 0 radical (unpaired) electrons. The van der Waals surface area contributed by atoms with Gasteiger partial charge in [0, 0.05) is 10.1 Å². The minimum atomic E-state index is -0.847. The van der Waals surface area contributed by atoms with E-state index in [0.29, 0.717) is 15.7 Å². The SMILES string of the molecule is N=C1C(c2nc3ccccc3[nH]2)C(=O)CN1NC(=O)c1sc2ccccc2c1Cl. The number of carbonyl (C=O) groups is 2. The number of amides is 1. The number of rotatable bonds is 3. The number of amidine groups is 1. The Bertz CT molecular complexity index is 1280. The van der Waals surface area contributed by atoms with Gasteiger partial charge in [-0.05, 0) is 18.2 Å². The summed E-state index contributed by atoms with van der Waals surface area (Å²) in [5, 5.41) is 10.8. The standard InChI is InChI=1S/C20H14ClN5O2S/c21-16-10-5-1-4-8-14(10)29-17(16)20(28)25-26-9-13(27)15(18(26)22)19-23-11-6-2-3-7-12(11)24-19/h1-8,15,22H,9H2,(H,23,24)(H,25,28). The number of H-pyrrole nitrogens is 1. The van der Waals surface area contributed by atoms with Crippen LogP contribution >= 0.6 is 22.9 Å². The molecule has 0 spiro atoms. The maximum Gasteiger partial charge on any atom is 0.281 e. The summed E-state index contributed by atoms with van der Waals surface area (Å²) in [7, 11) is 0. The molecule has 1 aliphatic rings. The molecule has 1 unspecified atom stereocenters. The molecule has 5 rings (SSSR count). The van der Waals surface area contributed by atoms with Crippen molar-refractivity contribution in [1.29, 1.82) is 5.41 Å². The minimum Gasteiger partial charge on any atom is -0.341 e. The second kappa shape index (κ2) is 6.68. The highest BCUT2D eigenvalue weighted by atomic mass is 35.5. The number of halogens is 1. The van der Waals surface area contributed by atoms with Crippen molar-refractivity contribution in [2.45, 2.75) is 5.92 Å². The van der Waals surface area contributed by atoms with Gasteiger partial charge in [0.1, 0.15) is 29.0 Å². The molecule has 3 heterocycles. The molecule has 2 aromatic heterocycles. The smallest absolute Gasteiger partial charge is 0.281 e. The Labute approximate surface area is 173 Å². The van der Waals surface area contributed by atoms with Crippen molar-refractivity contribution in [1.82, 2.24) is 20.4 Å². The zero-order valence-corrected chi connectivity index (χ0v) is 16.5. The van der Waals surface area contributed by atoms with Gasteiger partial charge in [-0.3, -0.25) is 25.4 Å². The van der Waals surface area contributed by atoms with E-state index in [1.165, 1.54) is 16.3 Å². The van der Waals surface area contributed by atoms with Crippen molar-refractivity contribution < 1.29 is 9.59 Å². The van der Waals surface area contributed by atoms with E-state index in [-0.39, 0.29) is 18.2 Å². The predicted molar refractivity (Wildman–Crippen MR) is 113 cm³/mol. The number of para-hydroxylation sites is 2. The number of ketones is 1. The highest BCUT2D eigenvalue weighted by Gasteiger charge is 2.40. The van der Waals surface area contributed by atoms with Gasteiger partial charge in [0.15, 0.2) is 5.78 Å².